The van der Waals surface area contributed by atoms with E-state index in [0.717, 1.165) is 11.1 Å². The van der Waals surface area contributed by atoms with Crippen LogP contribution in [-0.2, 0) is 10.5 Å². The predicted molar refractivity (Wildman–Crippen MR) is 86.4 cm³/mol. The lowest BCUT2D eigenvalue weighted by Gasteiger charge is -2.01. The highest BCUT2D eigenvalue weighted by atomic mass is 35.5. The molecule has 0 aliphatic rings. The Hall–Kier alpha value is -1.98. The normalized spacial score (nSPS) is 10.8. The summed E-state index contributed by atoms with van der Waals surface area (Å²) in [5.41, 5.74) is 3.06. The van der Waals surface area contributed by atoms with Crippen molar-refractivity contribution in [3.05, 3.63) is 58.6 Å². The molecule has 0 bridgehead atoms. The summed E-state index contributed by atoms with van der Waals surface area (Å²) >= 11 is 7.41. The Morgan fingerprint density at radius 1 is 1.27 bits per heavy atom. The second-order valence-electron chi connectivity index (χ2n) is 4.57. The molecule has 0 saturated heterocycles. The second-order valence-corrected chi connectivity index (χ2v) is 5.93. The molecule has 1 heterocycles. The molecule has 0 N–H and O–H groups in total. The third-order valence-electron chi connectivity index (χ3n) is 3.07. The van der Waals surface area contributed by atoms with Gasteiger partial charge in [-0.2, -0.15) is 0 Å². The molecule has 0 unspecified atom stereocenters. The van der Waals surface area contributed by atoms with Gasteiger partial charge in [0.05, 0.1) is 12.7 Å². The van der Waals surface area contributed by atoms with Crippen molar-refractivity contribution in [1.29, 1.82) is 0 Å². The van der Waals surface area contributed by atoms with Crippen LogP contribution in [0.3, 0.4) is 0 Å². The van der Waals surface area contributed by atoms with Crippen LogP contribution in [0, 0.1) is 0 Å². The minimum atomic E-state index is -0.338. The van der Waals surface area contributed by atoms with E-state index in [-0.39, 0.29) is 5.97 Å². The van der Waals surface area contributed by atoms with Crippen LogP contribution in [0.15, 0.2) is 52.1 Å². The molecule has 6 heteroatoms. The van der Waals surface area contributed by atoms with Gasteiger partial charge in [0, 0.05) is 16.8 Å². The Labute approximate surface area is 136 Å². The summed E-state index contributed by atoms with van der Waals surface area (Å²) in [6.07, 6.45) is 0. The van der Waals surface area contributed by atoms with E-state index in [1.54, 1.807) is 24.3 Å². The van der Waals surface area contributed by atoms with Crippen molar-refractivity contribution in [3.63, 3.8) is 0 Å². The second kappa shape index (κ2) is 6.42. The van der Waals surface area contributed by atoms with Gasteiger partial charge in [-0.1, -0.05) is 35.5 Å². The van der Waals surface area contributed by atoms with Crippen LogP contribution in [-0.4, -0.2) is 18.1 Å². The average molecular weight is 334 g/mol. The summed E-state index contributed by atoms with van der Waals surface area (Å²) in [6.45, 7) is 0. The van der Waals surface area contributed by atoms with Crippen molar-refractivity contribution >= 4 is 40.4 Å². The van der Waals surface area contributed by atoms with E-state index >= 15 is 0 Å². The number of carbonyl (C=O) groups excluding carboxylic acids is 1. The minimum Gasteiger partial charge on any atom is -0.465 e. The highest BCUT2D eigenvalue weighted by Gasteiger charge is 2.08. The van der Waals surface area contributed by atoms with Crippen LogP contribution in [0.1, 0.15) is 15.9 Å². The van der Waals surface area contributed by atoms with Crippen LogP contribution < -0.4 is 0 Å². The third-order valence-corrected chi connectivity index (χ3v) is 4.20. The highest BCUT2D eigenvalue weighted by molar-refractivity contribution is 7.98. The van der Waals surface area contributed by atoms with Gasteiger partial charge in [0.1, 0.15) is 5.52 Å². The van der Waals surface area contributed by atoms with Gasteiger partial charge in [-0.3, -0.25) is 0 Å². The van der Waals surface area contributed by atoms with E-state index < -0.39 is 0 Å². The number of aromatic nitrogens is 1. The quantitative estimate of drug-likeness (QED) is 0.517. The molecular formula is C16H12ClNO3S. The predicted octanol–water partition coefficient (Wildman–Crippen LogP) is 4.56. The van der Waals surface area contributed by atoms with Gasteiger partial charge in [-0.05, 0) is 29.8 Å². The minimum absolute atomic E-state index is 0.338. The van der Waals surface area contributed by atoms with Crippen LogP contribution in [0.2, 0.25) is 5.02 Å². The lowest BCUT2D eigenvalue weighted by atomic mass is 10.1. The van der Waals surface area contributed by atoms with Crippen molar-refractivity contribution in [3.8, 4) is 0 Å². The zero-order valence-corrected chi connectivity index (χ0v) is 13.3. The number of nitrogens with zero attached hydrogens (tertiary/aromatic N) is 1. The molecule has 0 saturated carbocycles. The zero-order chi connectivity index (χ0) is 15.5. The molecule has 0 atom stereocenters. The highest BCUT2D eigenvalue weighted by Crippen LogP contribution is 2.27. The van der Waals surface area contributed by atoms with Crippen molar-refractivity contribution in [1.82, 2.24) is 4.98 Å². The maximum absolute atomic E-state index is 11.4. The number of ether oxygens (including phenoxy) is 1. The first-order valence-electron chi connectivity index (χ1n) is 6.52. The van der Waals surface area contributed by atoms with Crippen LogP contribution in [0.4, 0.5) is 0 Å². The first-order valence-corrected chi connectivity index (χ1v) is 7.88. The monoisotopic (exact) mass is 333 g/mol. The Morgan fingerprint density at radius 2 is 2.05 bits per heavy atom. The number of methoxy groups -OCH3 is 1. The Balaban J connectivity index is 1.69. The molecule has 1 aromatic heterocycles. The lowest BCUT2D eigenvalue weighted by molar-refractivity contribution is 0.0600. The SMILES string of the molecule is COC(=O)c1ccc(CSc2nc3ccc(Cl)cc3o2)cc1. The van der Waals surface area contributed by atoms with E-state index in [0.29, 0.717) is 27.1 Å². The topological polar surface area (TPSA) is 52.3 Å². The molecule has 4 nitrogen and oxygen atoms in total. The molecular weight excluding hydrogens is 322 g/mol. The fourth-order valence-electron chi connectivity index (χ4n) is 1.94. The van der Waals surface area contributed by atoms with E-state index in [1.807, 2.05) is 18.2 Å². The molecule has 3 aromatic rings. The van der Waals surface area contributed by atoms with Gasteiger partial charge >= 0.3 is 5.97 Å². The fourth-order valence-corrected chi connectivity index (χ4v) is 2.90. The summed E-state index contributed by atoms with van der Waals surface area (Å²) in [4.78, 5) is 15.8. The number of hydrogen-bond donors (Lipinski definition) is 0. The number of oxazole rings is 1. The number of halogens is 1. The molecule has 0 spiro atoms. The van der Waals surface area contributed by atoms with Crippen LogP contribution in [0.25, 0.3) is 11.1 Å². The zero-order valence-electron chi connectivity index (χ0n) is 11.7. The molecule has 112 valence electrons. The van der Waals surface area contributed by atoms with Gasteiger partial charge in [0.25, 0.3) is 5.22 Å². The van der Waals surface area contributed by atoms with Crippen LogP contribution in [0.5, 0.6) is 0 Å². The first kappa shape index (κ1) is 14.9. The number of fused-ring (bicyclic) bond motifs is 1. The van der Waals surface area contributed by atoms with Crippen molar-refractivity contribution in [2.45, 2.75) is 11.0 Å². The van der Waals surface area contributed by atoms with Gasteiger partial charge in [0.2, 0.25) is 0 Å². The first-order chi connectivity index (χ1) is 10.7. The van der Waals surface area contributed by atoms with Gasteiger partial charge < -0.3 is 9.15 Å². The number of benzene rings is 2. The van der Waals surface area contributed by atoms with E-state index in [2.05, 4.69) is 9.72 Å². The van der Waals surface area contributed by atoms with Crippen molar-refractivity contribution in [2.75, 3.05) is 7.11 Å². The van der Waals surface area contributed by atoms with Gasteiger partial charge in [-0.25, -0.2) is 9.78 Å². The summed E-state index contributed by atoms with van der Waals surface area (Å²) in [7, 11) is 1.37. The standard InChI is InChI=1S/C16H12ClNO3S/c1-20-15(19)11-4-2-10(3-5-11)9-22-16-18-13-7-6-12(17)8-14(13)21-16/h2-8H,9H2,1H3. The van der Waals surface area contributed by atoms with Gasteiger partial charge in [0.15, 0.2) is 5.58 Å². The number of carbonyl (C=O) groups is 1. The largest absolute Gasteiger partial charge is 0.465 e. The molecule has 2 aromatic carbocycles. The van der Waals surface area contributed by atoms with E-state index in [9.17, 15) is 4.79 Å². The van der Waals surface area contributed by atoms with Crippen molar-refractivity contribution < 1.29 is 13.9 Å². The molecule has 0 amide bonds. The number of thioether (sulfide) groups is 1. The van der Waals surface area contributed by atoms with E-state index in [1.165, 1.54) is 18.9 Å². The summed E-state index contributed by atoms with van der Waals surface area (Å²) in [6, 6.07) is 12.6. The fraction of sp³-hybridized carbons (Fsp3) is 0.125. The molecule has 22 heavy (non-hydrogen) atoms. The molecule has 0 aliphatic heterocycles. The number of esters is 1. The maximum Gasteiger partial charge on any atom is 0.337 e. The summed E-state index contributed by atoms with van der Waals surface area (Å²) < 4.78 is 10.3. The van der Waals surface area contributed by atoms with Crippen LogP contribution >= 0.6 is 23.4 Å². The smallest absolute Gasteiger partial charge is 0.337 e. The molecule has 3 rings (SSSR count). The Morgan fingerprint density at radius 3 is 2.77 bits per heavy atom. The number of hydrogen-bond acceptors (Lipinski definition) is 5. The maximum atomic E-state index is 11.4. The van der Waals surface area contributed by atoms with Crippen molar-refractivity contribution in [2.24, 2.45) is 0 Å². The van der Waals surface area contributed by atoms with E-state index in [4.69, 9.17) is 16.0 Å². The third kappa shape index (κ3) is 3.26. The molecule has 0 fully saturated rings. The average Bonchev–Trinajstić information content (AvgIpc) is 2.94. The molecule has 0 aliphatic carbocycles. The van der Waals surface area contributed by atoms with Gasteiger partial charge in [-0.15, -0.1) is 0 Å². The molecule has 0 radical (unpaired) electrons. The summed E-state index contributed by atoms with van der Waals surface area (Å²) in [5, 5.41) is 1.22. The Bertz CT molecular complexity index is 814. The Kier molecular flexibility index (Phi) is 4.36. The number of rotatable bonds is 4. The summed E-state index contributed by atoms with van der Waals surface area (Å²) in [5.74, 6) is 0.359. The lowest BCUT2D eigenvalue weighted by Crippen LogP contribution is -2.00.